The topological polar surface area (TPSA) is 174 Å². The molecular weight excluding hydrogens is 420 g/mol. The van der Waals surface area contributed by atoms with Crippen LogP contribution in [-0.4, -0.2) is 36.3 Å². The lowest BCUT2D eigenvalue weighted by Crippen LogP contribution is -2.20. The molecule has 164 valence electrons. The van der Waals surface area contributed by atoms with Crippen molar-refractivity contribution >= 4 is 34.3 Å². The number of hydrogen-bond acceptors (Lipinski definition) is 9. The molecule has 0 atom stereocenters. The highest BCUT2D eigenvalue weighted by molar-refractivity contribution is 6.00. The number of fused-ring (bicyclic) bond motifs is 1. The zero-order valence-electron chi connectivity index (χ0n) is 17.2. The van der Waals surface area contributed by atoms with Gasteiger partial charge < -0.3 is 14.6 Å². The number of benzene rings is 1. The van der Waals surface area contributed by atoms with Crippen LogP contribution < -0.4 is 15.4 Å². The van der Waals surface area contributed by atoms with E-state index in [0.717, 1.165) is 0 Å². The lowest BCUT2D eigenvalue weighted by molar-refractivity contribution is -0.384. The number of nitrogens with zero attached hydrogens (tertiary/aromatic N) is 5. The maximum Gasteiger partial charge on any atom is 0.325 e. The summed E-state index contributed by atoms with van der Waals surface area (Å²) in [5.74, 6) is 1.09. The van der Waals surface area contributed by atoms with E-state index in [4.69, 9.17) is 9.26 Å². The van der Waals surface area contributed by atoms with E-state index in [-0.39, 0.29) is 34.2 Å². The van der Waals surface area contributed by atoms with Gasteiger partial charge >= 0.3 is 6.03 Å². The minimum absolute atomic E-state index is 0.0319. The van der Waals surface area contributed by atoms with Crippen molar-refractivity contribution in [2.24, 2.45) is 0 Å². The minimum atomic E-state index is -0.716. The van der Waals surface area contributed by atoms with Crippen LogP contribution in [0.5, 0.6) is 11.6 Å². The first-order valence-electron chi connectivity index (χ1n) is 9.36. The number of hydrogen-bond donors (Lipinski definition) is 3. The quantitative estimate of drug-likeness (QED) is 0.307. The number of carbonyl (C=O) groups excluding carboxylic acids is 1. The second-order valence-electron chi connectivity index (χ2n) is 7.75. The third-order valence-corrected chi connectivity index (χ3v) is 4.33. The number of urea groups is 1. The summed E-state index contributed by atoms with van der Waals surface area (Å²) in [6, 6.07) is 4.86. The van der Waals surface area contributed by atoms with Gasteiger partial charge in [-0.3, -0.25) is 20.5 Å². The summed E-state index contributed by atoms with van der Waals surface area (Å²) in [4.78, 5) is 31.3. The first-order chi connectivity index (χ1) is 15.2. The van der Waals surface area contributed by atoms with Gasteiger partial charge in [-0.1, -0.05) is 25.9 Å². The van der Waals surface area contributed by atoms with E-state index in [2.05, 4.69) is 36.0 Å². The molecule has 0 aliphatic rings. The summed E-state index contributed by atoms with van der Waals surface area (Å²) in [6.07, 6.45) is 2.76. The number of aromatic nitrogens is 5. The fourth-order valence-corrected chi connectivity index (χ4v) is 2.72. The Bertz CT molecular complexity index is 1310. The first-order valence-corrected chi connectivity index (χ1v) is 9.36. The monoisotopic (exact) mass is 438 g/mol. The molecule has 4 rings (SSSR count). The average Bonchev–Trinajstić information content (AvgIpc) is 3.38. The van der Waals surface area contributed by atoms with Crippen molar-refractivity contribution in [1.29, 1.82) is 0 Å². The number of ether oxygens (including phenoxy) is 1. The van der Waals surface area contributed by atoms with Gasteiger partial charge in [-0.25, -0.2) is 14.8 Å². The maximum atomic E-state index is 12.3. The number of amides is 2. The van der Waals surface area contributed by atoms with Gasteiger partial charge in [0, 0.05) is 11.5 Å². The summed E-state index contributed by atoms with van der Waals surface area (Å²) in [5.41, 5.74) is -0.229. The van der Waals surface area contributed by atoms with Gasteiger partial charge in [-0.15, -0.1) is 0 Å². The zero-order chi connectivity index (χ0) is 22.9. The van der Waals surface area contributed by atoms with Crippen molar-refractivity contribution in [2.75, 3.05) is 10.6 Å². The number of aromatic amines is 1. The van der Waals surface area contributed by atoms with Crippen molar-refractivity contribution in [3.63, 3.8) is 0 Å². The highest BCUT2D eigenvalue weighted by Crippen LogP contribution is 2.33. The second-order valence-corrected chi connectivity index (χ2v) is 7.75. The van der Waals surface area contributed by atoms with E-state index >= 15 is 0 Å². The molecule has 0 bridgehead atoms. The third kappa shape index (κ3) is 4.30. The Hall–Kier alpha value is -4.55. The fraction of sp³-hybridized carbons (Fsp3) is 0.211. The lowest BCUT2D eigenvalue weighted by Gasteiger charge is -2.12. The van der Waals surface area contributed by atoms with Crippen molar-refractivity contribution in [2.45, 2.75) is 26.2 Å². The highest BCUT2D eigenvalue weighted by atomic mass is 16.6. The van der Waals surface area contributed by atoms with Gasteiger partial charge in [0.05, 0.1) is 17.2 Å². The SMILES string of the molecule is CC(C)(C)c1cc(NC(=O)Nc2ccc(Oc3ncnc4[nH]ncc34)cc2[N+](=O)[O-])no1. The first kappa shape index (κ1) is 20.7. The maximum absolute atomic E-state index is 12.3. The van der Waals surface area contributed by atoms with Crippen LogP contribution in [0.2, 0.25) is 0 Å². The molecule has 0 fully saturated rings. The Morgan fingerprint density at radius 3 is 2.75 bits per heavy atom. The molecule has 0 saturated carbocycles. The summed E-state index contributed by atoms with van der Waals surface area (Å²) >= 11 is 0. The van der Waals surface area contributed by atoms with Crippen LogP contribution in [0.3, 0.4) is 0 Å². The van der Waals surface area contributed by atoms with Crippen LogP contribution >= 0.6 is 0 Å². The molecule has 32 heavy (non-hydrogen) atoms. The number of anilines is 2. The van der Waals surface area contributed by atoms with E-state index in [1.165, 1.54) is 30.7 Å². The molecule has 2 amide bonds. The van der Waals surface area contributed by atoms with Gasteiger partial charge in [0.2, 0.25) is 5.88 Å². The number of nitro groups is 1. The van der Waals surface area contributed by atoms with Gasteiger partial charge in [0.1, 0.15) is 28.9 Å². The predicted octanol–water partition coefficient (Wildman–Crippen LogP) is 3.98. The van der Waals surface area contributed by atoms with E-state index in [1.807, 2.05) is 20.8 Å². The van der Waals surface area contributed by atoms with E-state index in [0.29, 0.717) is 16.8 Å². The van der Waals surface area contributed by atoms with Gasteiger partial charge in [-0.2, -0.15) is 5.10 Å². The van der Waals surface area contributed by atoms with Crippen LogP contribution in [0.1, 0.15) is 26.5 Å². The molecule has 13 nitrogen and oxygen atoms in total. The molecule has 0 spiro atoms. The summed E-state index contributed by atoms with van der Waals surface area (Å²) in [7, 11) is 0. The normalized spacial score (nSPS) is 11.3. The Morgan fingerprint density at radius 1 is 1.22 bits per heavy atom. The standard InChI is InChI=1S/C19H18N8O5/c1-19(2,3)14-7-15(26-32-14)24-18(28)23-12-5-4-10(6-13(12)27(29)30)31-17-11-8-22-25-16(11)20-9-21-17/h4-9H,1-3H3,(H,20,21,22,25)(H2,23,24,26,28). The number of nitrogens with one attached hydrogen (secondary N) is 3. The van der Waals surface area contributed by atoms with Crippen molar-refractivity contribution in [1.82, 2.24) is 25.3 Å². The molecule has 13 heteroatoms. The average molecular weight is 438 g/mol. The van der Waals surface area contributed by atoms with E-state index in [9.17, 15) is 14.9 Å². The Balaban J connectivity index is 1.52. The zero-order valence-corrected chi connectivity index (χ0v) is 17.2. The van der Waals surface area contributed by atoms with E-state index < -0.39 is 11.0 Å². The van der Waals surface area contributed by atoms with Crippen molar-refractivity contribution in [3.05, 3.63) is 52.7 Å². The van der Waals surface area contributed by atoms with Gasteiger partial charge in [0.15, 0.2) is 11.5 Å². The van der Waals surface area contributed by atoms with Crippen LogP contribution in [0.4, 0.5) is 22.0 Å². The summed E-state index contributed by atoms with van der Waals surface area (Å²) < 4.78 is 10.9. The molecule has 4 aromatic rings. The lowest BCUT2D eigenvalue weighted by atomic mass is 9.93. The highest BCUT2D eigenvalue weighted by Gasteiger charge is 2.22. The van der Waals surface area contributed by atoms with Crippen LogP contribution in [0.25, 0.3) is 11.0 Å². The molecule has 0 aliphatic heterocycles. The number of nitro benzene ring substituents is 1. The molecule has 3 heterocycles. The molecule has 3 aromatic heterocycles. The van der Waals surface area contributed by atoms with Gasteiger partial charge in [-0.05, 0) is 12.1 Å². The van der Waals surface area contributed by atoms with E-state index in [1.54, 1.807) is 6.07 Å². The van der Waals surface area contributed by atoms with Crippen LogP contribution in [0.15, 0.2) is 41.3 Å². The molecule has 0 unspecified atom stereocenters. The van der Waals surface area contributed by atoms with Crippen LogP contribution in [0, 0.1) is 10.1 Å². The Morgan fingerprint density at radius 2 is 2.03 bits per heavy atom. The third-order valence-electron chi connectivity index (χ3n) is 4.33. The number of rotatable bonds is 5. The Kier molecular flexibility index (Phi) is 5.14. The Labute approximate surface area is 180 Å². The summed E-state index contributed by atoms with van der Waals surface area (Å²) in [6.45, 7) is 5.80. The van der Waals surface area contributed by atoms with Crippen molar-refractivity contribution < 1.29 is 19.0 Å². The predicted molar refractivity (Wildman–Crippen MR) is 113 cm³/mol. The largest absolute Gasteiger partial charge is 0.438 e. The van der Waals surface area contributed by atoms with Crippen LogP contribution in [-0.2, 0) is 5.41 Å². The smallest absolute Gasteiger partial charge is 0.325 e. The van der Waals surface area contributed by atoms with Crippen molar-refractivity contribution in [3.8, 4) is 11.6 Å². The molecule has 1 aromatic carbocycles. The molecular formula is C19H18N8O5. The second kappa shape index (κ2) is 7.94. The number of carbonyl (C=O) groups is 1. The number of H-pyrrole nitrogens is 1. The summed E-state index contributed by atoms with van der Waals surface area (Å²) in [5, 5.41) is 27.3. The molecule has 0 aliphatic carbocycles. The van der Waals surface area contributed by atoms with Gasteiger partial charge in [0.25, 0.3) is 5.69 Å². The molecule has 0 radical (unpaired) electrons. The minimum Gasteiger partial charge on any atom is -0.438 e. The molecule has 0 saturated heterocycles. The fourth-order valence-electron chi connectivity index (χ4n) is 2.72. The molecule has 3 N–H and O–H groups in total.